The van der Waals surface area contributed by atoms with Gasteiger partial charge in [0.15, 0.2) is 22.8 Å². The summed E-state index contributed by atoms with van der Waals surface area (Å²) < 4.78 is 42.9. The lowest BCUT2D eigenvalue weighted by atomic mass is 10.2. The Labute approximate surface area is 223 Å². The number of imidazole rings is 2. The van der Waals surface area contributed by atoms with Gasteiger partial charge in [-0.2, -0.15) is 9.97 Å². The molecule has 4 aromatic rings. The van der Waals surface area contributed by atoms with Crippen LogP contribution in [0, 0.1) is 0 Å². The highest BCUT2D eigenvalue weighted by Gasteiger charge is 2.33. The molecular formula is C26H30F2N8O3. The first-order chi connectivity index (χ1) is 18.7. The number of hydrogen-bond acceptors (Lipinski definition) is 8. The molecule has 5 heterocycles. The predicted molar refractivity (Wildman–Crippen MR) is 139 cm³/mol. The Balaban J connectivity index is 1.47. The van der Waals surface area contributed by atoms with E-state index in [9.17, 15) is 13.6 Å². The molecule has 2 fully saturated rings. The van der Waals surface area contributed by atoms with E-state index < -0.39 is 17.9 Å². The zero-order chi connectivity index (χ0) is 27.3. The highest BCUT2D eigenvalue weighted by atomic mass is 19.3. The fourth-order valence-corrected chi connectivity index (χ4v) is 5.09. The first kappa shape index (κ1) is 25.4. The largest absolute Gasteiger partial charge is 0.444 e. The van der Waals surface area contributed by atoms with Crippen LogP contribution in [0.25, 0.3) is 28.0 Å². The first-order valence-corrected chi connectivity index (χ1v) is 13.0. The molecule has 206 valence electrons. The number of likely N-dealkylation sites (tertiary alicyclic amines) is 1. The van der Waals surface area contributed by atoms with E-state index in [1.165, 1.54) is 4.57 Å². The summed E-state index contributed by atoms with van der Waals surface area (Å²) in [7, 11) is 0. The number of hydrogen-bond donors (Lipinski definition) is 0. The summed E-state index contributed by atoms with van der Waals surface area (Å²) >= 11 is 0. The molecule has 13 heteroatoms. The SMILES string of the molecule is CC(C)(C)OC(=O)N1CC[C@@H](n2cnc3c(-n4c(C(F)F)nc5ccccc54)nc(N4CCOCC4)nc32)C1. The van der Waals surface area contributed by atoms with Crippen LogP contribution in [0.5, 0.6) is 0 Å². The van der Waals surface area contributed by atoms with E-state index in [0.29, 0.717) is 74.0 Å². The summed E-state index contributed by atoms with van der Waals surface area (Å²) in [5, 5.41) is 0. The number of morpholine rings is 1. The number of para-hydroxylation sites is 2. The van der Waals surface area contributed by atoms with E-state index in [4.69, 9.17) is 19.4 Å². The fourth-order valence-electron chi connectivity index (χ4n) is 5.09. The molecule has 0 aliphatic carbocycles. The zero-order valence-corrected chi connectivity index (χ0v) is 22.0. The Morgan fingerprint density at radius 1 is 1.10 bits per heavy atom. The molecule has 1 aromatic carbocycles. The topological polar surface area (TPSA) is 103 Å². The Hall–Kier alpha value is -3.87. The maximum Gasteiger partial charge on any atom is 0.410 e. The summed E-state index contributed by atoms with van der Waals surface area (Å²) in [5.74, 6) is 0.240. The Morgan fingerprint density at radius 2 is 1.87 bits per heavy atom. The molecule has 0 radical (unpaired) electrons. The van der Waals surface area contributed by atoms with Crippen molar-refractivity contribution in [2.45, 2.75) is 45.3 Å². The van der Waals surface area contributed by atoms with Gasteiger partial charge in [0.1, 0.15) is 5.60 Å². The number of carbonyl (C=O) groups excluding carboxylic acids is 1. The number of amides is 1. The molecule has 2 saturated heterocycles. The highest BCUT2D eigenvalue weighted by Crippen LogP contribution is 2.33. The summed E-state index contributed by atoms with van der Waals surface area (Å²) in [6, 6.07) is 6.86. The molecule has 0 unspecified atom stereocenters. The van der Waals surface area contributed by atoms with Crippen molar-refractivity contribution >= 4 is 34.2 Å². The van der Waals surface area contributed by atoms with E-state index in [1.54, 1.807) is 35.5 Å². The number of carbonyl (C=O) groups is 1. The van der Waals surface area contributed by atoms with Gasteiger partial charge in [0.25, 0.3) is 6.43 Å². The molecule has 0 N–H and O–H groups in total. The van der Waals surface area contributed by atoms with Gasteiger partial charge in [-0.25, -0.2) is 23.5 Å². The van der Waals surface area contributed by atoms with Gasteiger partial charge in [-0.15, -0.1) is 0 Å². The summed E-state index contributed by atoms with van der Waals surface area (Å²) in [4.78, 5) is 34.8. The van der Waals surface area contributed by atoms with Crippen LogP contribution in [0.3, 0.4) is 0 Å². The van der Waals surface area contributed by atoms with E-state index in [-0.39, 0.29) is 18.0 Å². The molecule has 1 amide bonds. The van der Waals surface area contributed by atoms with Crippen LogP contribution in [0.2, 0.25) is 0 Å². The molecule has 39 heavy (non-hydrogen) atoms. The molecule has 11 nitrogen and oxygen atoms in total. The number of fused-ring (bicyclic) bond motifs is 2. The number of alkyl halides is 2. The van der Waals surface area contributed by atoms with Gasteiger partial charge in [-0.1, -0.05) is 12.1 Å². The highest BCUT2D eigenvalue weighted by molar-refractivity contribution is 5.85. The molecule has 2 aliphatic heterocycles. The van der Waals surface area contributed by atoms with Crippen LogP contribution in [0.4, 0.5) is 19.5 Å². The third kappa shape index (κ3) is 4.75. The van der Waals surface area contributed by atoms with Crippen LogP contribution in [-0.2, 0) is 9.47 Å². The van der Waals surface area contributed by atoms with Gasteiger partial charge in [0.2, 0.25) is 5.95 Å². The smallest absolute Gasteiger partial charge is 0.410 e. The van der Waals surface area contributed by atoms with Crippen molar-refractivity contribution in [3.8, 4) is 5.82 Å². The lowest BCUT2D eigenvalue weighted by molar-refractivity contribution is 0.0289. The second-order valence-corrected chi connectivity index (χ2v) is 10.7. The number of aromatic nitrogens is 6. The van der Waals surface area contributed by atoms with Crippen LogP contribution in [0.15, 0.2) is 30.6 Å². The van der Waals surface area contributed by atoms with Crippen molar-refractivity contribution in [1.82, 2.24) is 34.0 Å². The van der Waals surface area contributed by atoms with Crippen molar-refractivity contribution in [2.75, 3.05) is 44.3 Å². The van der Waals surface area contributed by atoms with E-state index in [0.717, 1.165) is 0 Å². The van der Waals surface area contributed by atoms with E-state index in [2.05, 4.69) is 9.97 Å². The van der Waals surface area contributed by atoms with Crippen molar-refractivity contribution < 1.29 is 23.0 Å². The Kier molecular flexibility index (Phi) is 6.32. The monoisotopic (exact) mass is 540 g/mol. The predicted octanol–water partition coefficient (Wildman–Crippen LogP) is 4.12. The minimum atomic E-state index is -2.83. The number of rotatable bonds is 4. The molecule has 6 rings (SSSR count). The average molecular weight is 541 g/mol. The van der Waals surface area contributed by atoms with Gasteiger partial charge in [-0.05, 0) is 39.3 Å². The summed E-state index contributed by atoms with van der Waals surface area (Å²) in [5.41, 5.74) is 1.24. The standard InChI is InChI=1S/C26H30F2N8O3/c1-26(2,3)39-25(37)34-9-8-16(14-34)35-15-29-19-21(35)31-24(33-10-12-38-13-11-33)32-22(19)36-18-7-5-4-6-17(18)30-23(36)20(27)28/h4-7,15-16,20H,8-14H2,1-3H3/t16-/m1/s1. The van der Waals surface area contributed by atoms with Gasteiger partial charge >= 0.3 is 6.09 Å². The Morgan fingerprint density at radius 3 is 2.62 bits per heavy atom. The number of ether oxygens (including phenoxy) is 2. The van der Waals surface area contributed by atoms with E-state index >= 15 is 0 Å². The van der Waals surface area contributed by atoms with Crippen molar-refractivity contribution in [1.29, 1.82) is 0 Å². The van der Waals surface area contributed by atoms with Crippen molar-refractivity contribution in [2.24, 2.45) is 0 Å². The van der Waals surface area contributed by atoms with E-state index in [1.807, 2.05) is 30.2 Å². The molecule has 0 saturated carbocycles. The van der Waals surface area contributed by atoms with Gasteiger partial charge in [0, 0.05) is 26.2 Å². The van der Waals surface area contributed by atoms with Crippen LogP contribution in [-0.4, -0.2) is 85.1 Å². The fraction of sp³-hybridized carbons (Fsp3) is 0.500. The number of nitrogens with zero attached hydrogens (tertiary/aromatic N) is 8. The normalized spacial score (nSPS) is 18.6. The van der Waals surface area contributed by atoms with Crippen LogP contribution in [0.1, 0.15) is 45.5 Å². The lowest BCUT2D eigenvalue weighted by Crippen LogP contribution is -2.37. The van der Waals surface area contributed by atoms with Gasteiger partial charge in [-0.3, -0.25) is 4.57 Å². The third-order valence-corrected chi connectivity index (χ3v) is 6.89. The summed E-state index contributed by atoms with van der Waals surface area (Å²) in [6.45, 7) is 8.61. The third-order valence-electron chi connectivity index (χ3n) is 6.89. The molecule has 3 aromatic heterocycles. The molecule has 2 aliphatic rings. The molecular weight excluding hydrogens is 510 g/mol. The van der Waals surface area contributed by atoms with Crippen molar-refractivity contribution in [3.05, 3.63) is 36.4 Å². The molecule has 0 bridgehead atoms. The van der Waals surface area contributed by atoms with Crippen LogP contribution >= 0.6 is 0 Å². The molecule has 0 spiro atoms. The zero-order valence-electron chi connectivity index (χ0n) is 22.0. The molecule has 1 atom stereocenters. The van der Waals surface area contributed by atoms with Crippen LogP contribution < -0.4 is 4.90 Å². The number of halogens is 2. The quantitative estimate of drug-likeness (QED) is 0.381. The summed E-state index contributed by atoms with van der Waals surface area (Å²) in [6.07, 6.45) is -0.873. The van der Waals surface area contributed by atoms with Crippen molar-refractivity contribution in [3.63, 3.8) is 0 Å². The minimum absolute atomic E-state index is 0.114. The minimum Gasteiger partial charge on any atom is -0.444 e. The maximum absolute atomic E-state index is 14.3. The average Bonchev–Trinajstić information content (AvgIpc) is 3.64. The second-order valence-electron chi connectivity index (χ2n) is 10.7. The maximum atomic E-state index is 14.3. The lowest BCUT2D eigenvalue weighted by Gasteiger charge is -2.27. The Bertz CT molecular complexity index is 1520. The van der Waals surface area contributed by atoms with Gasteiger partial charge < -0.3 is 23.8 Å². The number of benzene rings is 1. The number of anilines is 1. The first-order valence-electron chi connectivity index (χ1n) is 13.0. The second kappa shape index (κ2) is 9.70. The van der Waals surface area contributed by atoms with Gasteiger partial charge in [0.05, 0.1) is 36.6 Å².